The molecule has 7 heteroatoms. The third-order valence-corrected chi connectivity index (χ3v) is 6.00. The van der Waals surface area contributed by atoms with Crippen molar-refractivity contribution in [3.63, 3.8) is 0 Å². The number of likely N-dealkylation sites (tertiary alicyclic amines) is 1. The van der Waals surface area contributed by atoms with Crippen molar-refractivity contribution in [1.82, 2.24) is 15.5 Å². The van der Waals surface area contributed by atoms with Crippen molar-refractivity contribution in [1.29, 1.82) is 0 Å². The zero-order valence-electron chi connectivity index (χ0n) is 16.4. The average Bonchev–Trinajstić information content (AvgIpc) is 2.70. The molecule has 1 aliphatic carbocycles. The van der Waals surface area contributed by atoms with Crippen molar-refractivity contribution in [3.8, 4) is 0 Å². The van der Waals surface area contributed by atoms with Crippen molar-refractivity contribution in [2.75, 3.05) is 25.0 Å². The maximum absolute atomic E-state index is 12.2. The highest BCUT2D eigenvalue weighted by Crippen LogP contribution is 2.21. The summed E-state index contributed by atoms with van der Waals surface area (Å²) in [5, 5.41) is 9.65. The molecule has 0 bridgehead atoms. The second kappa shape index (κ2) is 10.7. The van der Waals surface area contributed by atoms with Crippen LogP contribution in [0.3, 0.4) is 0 Å². The molecule has 1 heterocycles. The minimum absolute atomic E-state index is 0.0236. The van der Waals surface area contributed by atoms with Crippen LogP contribution in [0.1, 0.15) is 51.4 Å². The Morgan fingerprint density at radius 1 is 0.964 bits per heavy atom. The van der Waals surface area contributed by atoms with Crippen LogP contribution in [0.25, 0.3) is 0 Å². The first-order valence-electron chi connectivity index (χ1n) is 10.4. The lowest BCUT2D eigenvalue weighted by Crippen LogP contribution is -2.50. The summed E-state index contributed by atoms with van der Waals surface area (Å²) in [6.07, 6.45) is 8.19. The molecule has 28 heavy (non-hydrogen) atoms. The smallest absolute Gasteiger partial charge is 0.315 e. The number of hydrogen-bond acceptors (Lipinski definition) is 3. The molecule has 3 N–H and O–H groups in total. The molecule has 0 unspecified atom stereocenters. The van der Waals surface area contributed by atoms with Crippen LogP contribution in [0, 0.1) is 0 Å². The maximum atomic E-state index is 12.2. The zero-order valence-corrected chi connectivity index (χ0v) is 17.1. The van der Waals surface area contributed by atoms with E-state index in [-0.39, 0.29) is 18.0 Å². The standard InChI is InChI=1S/C21H31ClN4O2/c22-18-8-4-5-9-19(18)25-20(27)12-15-26-13-10-17(11-14-26)24-21(28)23-16-6-2-1-3-7-16/h4-5,8-9,16-17H,1-3,6-7,10-15H2,(H,25,27)(H2,23,24,28). The second-order valence-corrected chi connectivity index (χ2v) is 8.25. The van der Waals surface area contributed by atoms with E-state index in [0.717, 1.165) is 45.3 Å². The summed E-state index contributed by atoms with van der Waals surface area (Å²) >= 11 is 6.07. The molecule has 0 atom stereocenters. The Kier molecular flexibility index (Phi) is 7.98. The predicted octanol–water partition coefficient (Wildman–Crippen LogP) is 3.76. The highest BCUT2D eigenvalue weighted by molar-refractivity contribution is 6.33. The van der Waals surface area contributed by atoms with Gasteiger partial charge in [0.15, 0.2) is 0 Å². The number of benzene rings is 1. The lowest BCUT2D eigenvalue weighted by Gasteiger charge is -2.32. The highest BCUT2D eigenvalue weighted by atomic mass is 35.5. The first kappa shape index (κ1) is 20.9. The number of carbonyl (C=O) groups is 2. The van der Waals surface area contributed by atoms with Crippen molar-refractivity contribution < 1.29 is 9.59 Å². The van der Waals surface area contributed by atoms with Gasteiger partial charge in [0.25, 0.3) is 0 Å². The lowest BCUT2D eigenvalue weighted by molar-refractivity contribution is -0.116. The number of piperidine rings is 1. The SMILES string of the molecule is O=C(CCN1CCC(NC(=O)NC2CCCCC2)CC1)Nc1ccccc1Cl. The molecule has 1 aromatic rings. The van der Waals surface area contributed by atoms with Crippen molar-refractivity contribution in [2.45, 2.75) is 63.5 Å². The Balaban J connectivity index is 1.31. The molecule has 3 amide bonds. The van der Waals surface area contributed by atoms with Gasteiger partial charge < -0.3 is 20.9 Å². The molecular formula is C21H31ClN4O2. The van der Waals surface area contributed by atoms with Gasteiger partial charge in [0.2, 0.25) is 5.91 Å². The van der Waals surface area contributed by atoms with Crippen molar-refractivity contribution >= 4 is 29.2 Å². The minimum atomic E-state index is -0.0276. The van der Waals surface area contributed by atoms with Gasteiger partial charge in [-0.1, -0.05) is 43.0 Å². The number of halogens is 1. The summed E-state index contributed by atoms with van der Waals surface area (Å²) in [6.45, 7) is 2.51. The number of amides is 3. The van der Waals surface area contributed by atoms with Crippen LogP contribution in [-0.2, 0) is 4.79 Å². The minimum Gasteiger partial charge on any atom is -0.335 e. The fourth-order valence-electron chi connectivity index (χ4n) is 4.00. The van der Waals surface area contributed by atoms with E-state index in [1.165, 1.54) is 19.3 Å². The molecule has 0 spiro atoms. The normalized spacial score (nSPS) is 19.2. The number of urea groups is 1. The molecule has 1 saturated carbocycles. The zero-order chi connectivity index (χ0) is 19.8. The Morgan fingerprint density at radius 3 is 2.29 bits per heavy atom. The molecule has 2 fully saturated rings. The number of hydrogen-bond donors (Lipinski definition) is 3. The van der Waals surface area contributed by atoms with Gasteiger partial charge in [0.1, 0.15) is 0 Å². The van der Waals surface area contributed by atoms with Gasteiger partial charge in [-0.25, -0.2) is 4.79 Å². The first-order chi connectivity index (χ1) is 13.6. The Labute approximate surface area is 172 Å². The van der Waals surface area contributed by atoms with Gasteiger partial charge >= 0.3 is 6.03 Å². The topological polar surface area (TPSA) is 73.5 Å². The van der Waals surface area contributed by atoms with E-state index in [2.05, 4.69) is 20.9 Å². The highest BCUT2D eigenvalue weighted by Gasteiger charge is 2.22. The molecule has 6 nitrogen and oxygen atoms in total. The van der Waals surface area contributed by atoms with Crippen molar-refractivity contribution in [3.05, 3.63) is 29.3 Å². The van der Waals surface area contributed by atoms with Crippen LogP contribution in [0.5, 0.6) is 0 Å². The van der Waals surface area contributed by atoms with Gasteiger partial charge in [-0.3, -0.25) is 4.79 Å². The fraction of sp³-hybridized carbons (Fsp3) is 0.619. The molecule has 3 rings (SSSR count). The lowest BCUT2D eigenvalue weighted by atomic mass is 9.96. The number of anilines is 1. The van der Waals surface area contributed by atoms with E-state index >= 15 is 0 Å². The summed E-state index contributed by atoms with van der Waals surface area (Å²) in [5.74, 6) is -0.0276. The molecule has 2 aliphatic rings. The number of para-hydroxylation sites is 1. The monoisotopic (exact) mass is 406 g/mol. The van der Waals surface area contributed by atoms with E-state index in [1.807, 2.05) is 12.1 Å². The van der Waals surface area contributed by atoms with E-state index in [1.54, 1.807) is 12.1 Å². The van der Waals surface area contributed by atoms with E-state index in [0.29, 0.717) is 23.2 Å². The van der Waals surface area contributed by atoms with Crippen LogP contribution in [0.4, 0.5) is 10.5 Å². The van der Waals surface area contributed by atoms with Gasteiger partial charge in [-0.2, -0.15) is 0 Å². The molecule has 154 valence electrons. The van der Waals surface area contributed by atoms with Crippen LogP contribution < -0.4 is 16.0 Å². The van der Waals surface area contributed by atoms with Crippen LogP contribution in [-0.4, -0.2) is 48.6 Å². The van der Waals surface area contributed by atoms with Gasteiger partial charge in [-0.05, 0) is 37.8 Å². The van der Waals surface area contributed by atoms with Crippen LogP contribution >= 0.6 is 11.6 Å². The number of nitrogens with zero attached hydrogens (tertiary/aromatic N) is 1. The number of carbonyl (C=O) groups excluding carboxylic acids is 2. The fourth-order valence-corrected chi connectivity index (χ4v) is 4.18. The average molecular weight is 407 g/mol. The molecule has 0 radical (unpaired) electrons. The molecule has 1 aliphatic heterocycles. The van der Waals surface area contributed by atoms with Gasteiger partial charge in [-0.15, -0.1) is 0 Å². The summed E-state index contributed by atoms with van der Waals surface area (Å²) < 4.78 is 0. The Morgan fingerprint density at radius 2 is 1.61 bits per heavy atom. The van der Waals surface area contributed by atoms with Crippen LogP contribution in [0.15, 0.2) is 24.3 Å². The van der Waals surface area contributed by atoms with Gasteiger partial charge in [0.05, 0.1) is 10.7 Å². The first-order valence-corrected chi connectivity index (χ1v) is 10.8. The molecule has 1 saturated heterocycles. The second-order valence-electron chi connectivity index (χ2n) is 7.85. The molecule has 0 aromatic heterocycles. The number of nitrogens with one attached hydrogen (secondary N) is 3. The summed E-state index contributed by atoms with van der Waals surface area (Å²) in [5.41, 5.74) is 0.654. The number of rotatable bonds is 6. The maximum Gasteiger partial charge on any atom is 0.315 e. The third kappa shape index (κ3) is 6.67. The van der Waals surface area contributed by atoms with Gasteiger partial charge in [0, 0.05) is 38.1 Å². The quantitative estimate of drug-likeness (QED) is 0.673. The summed E-state index contributed by atoms with van der Waals surface area (Å²) in [6, 6.07) is 7.79. The molecule has 1 aromatic carbocycles. The predicted molar refractivity (Wildman–Crippen MR) is 113 cm³/mol. The Hall–Kier alpha value is -1.79. The van der Waals surface area contributed by atoms with E-state index in [9.17, 15) is 9.59 Å². The largest absolute Gasteiger partial charge is 0.335 e. The van der Waals surface area contributed by atoms with Crippen LogP contribution in [0.2, 0.25) is 5.02 Å². The van der Waals surface area contributed by atoms with E-state index < -0.39 is 0 Å². The van der Waals surface area contributed by atoms with E-state index in [4.69, 9.17) is 11.6 Å². The molecular weight excluding hydrogens is 376 g/mol. The summed E-state index contributed by atoms with van der Waals surface area (Å²) in [4.78, 5) is 26.6. The third-order valence-electron chi connectivity index (χ3n) is 5.67. The summed E-state index contributed by atoms with van der Waals surface area (Å²) in [7, 11) is 0. The van der Waals surface area contributed by atoms with Crippen molar-refractivity contribution in [2.24, 2.45) is 0 Å². The Bertz CT molecular complexity index is 656.